The Bertz CT molecular complexity index is 2930. The molecular formula is C55H46N2S2. The summed E-state index contributed by atoms with van der Waals surface area (Å²) >= 11 is 3.85. The quantitative estimate of drug-likeness (QED) is 0.193. The molecule has 59 heavy (non-hydrogen) atoms. The largest absolute Gasteiger partial charge is 0.332 e. The molecule has 4 heteroatoms. The minimum Gasteiger partial charge on any atom is -0.332 e. The summed E-state index contributed by atoms with van der Waals surface area (Å²) in [7, 11) is 0. The minimum absolute atomic E-state index is 0.0225. The fourth-order valence-corrected chi connectivity index (χ4v) is 15.0. The molecule has 2 aliphatic heterocycles. The Morgan fingerprint density at radius 2 is 1.53 bits per heavy atom. The van der Waals surface area contributed by atoms with Crippen LogP contribution < -0.4 is 5.32 Å². The highest BCUT2D eigenvalue weighted by atomic mass is 32.2. The van der Waals surface area contributed by atoms with Gasteiger partial charge in [0.05, 0.1) is 0 Å². The molecule has 1 saturated carbocycles. The fourth-order valence-electron chi connectivity index (χ4n) is 12.5. The molecule has 0 bridgehead atoms. The Morgan fingerprint density at radius 1 is 0.729 bits per heavy atom. The van der Waals surface area contributed by atoms with Crippen molar-refractivity contribution >= 4 is 49.6 Å². The summed E-state index contributed by atoms with van der Waals surface area (Å²) in [6, 6.07) is 43.7. The van der Waals surface area contributed by atoms with Crippen LogP contribution in [0, 0.1) is 5.92 Å². The highest BCUT2D eigenvalue weighted by Gasteiger charge is 2.54. The van der Waals surface area contributed by atoms with Crippen LogP contribution in [0.3, 0.4) is 0 Å². The molecule has 6 aromatic rings. The summed E-state index contributed by atoms with van der Waals surface area (Å²) in [6.07, 6.45) is 19.2. The van der Waals surface area contributed by atoms with E-state index in [-0.39, 0.29) is 28.0 Å². The van der Waals surface area contributed by atoms with Crippen LogP contribution in [0.5, 0.6) is 0 Å². The summed E-state index contributed by atoms with van der Waals surface area (Å²) < 4.78 is 1.30. The van der Waals surface area contributed by atoms with Crippen LogP contribution in [0.25, 0.3) is 26.8 Å². The second-order valence-corrected chi connectivity index (χ2v) is 20.7. The Hall–Kier alpha value is -5.16. The van der Waals surface area contributed by atoms with Gasteiger partial charge in [-0.1, -0.05) is 154 Å². The van der Waals surface area contributed by atoms with Gasteiger partial charge in [-0.15, -0.1) is 23.1 Å². The molecule has 13 rings (SSSR count). The molecule has 0 radical (unpaired) electrons. The zero-order valence-corrected chi connectivity index (χ0v) is 35.2. The first-order valence-corrected chi connectivity index (χ1v) is 23.5. The zero-order chi connectivity index (χ0) is 39.0. The smallest absolute Gasteiger partial charge is 0.131 e. The van der Waals surface area contributed by atoms with E-state index in [0.29, 0.717) is 11.8 Å². The van der Waals surface area contributed by atoms with Crippen molar-refractivity contribution in [1.82, 2.24) is 0 Å². The van der Waals surface area contributed by atoms with E-state index < -0.39 is 0 Å². The van der Waals surface area contributed by atoms with Crippen LogP contribution in [-0.2, 0) is 10.8 Å². The van der Waals surface area contributed by atoms with E-state index in [1.54, 1.807) is 11.1 Å². The predicted molar refractivity (Wildman–Crippen MR) is 249 cm³/mol. The van der Waals surface area contributed by atoms with Crippen molar-refractivity contribution < 1.29 is 0 Å². The fraction of sp³-hybridized carbons (Fsp3) is 0.255. The average molecular weight is 799 g/mol. The highest BCUT2D eigenvalue weighted by Crippen LogP contribution is 2.64. The summed E-state index contributed by atoms with van der Waals surface area (Å²) in [5.74, 6) is 2.31. The van der Waals surface area contributed by atoms with Crippen molar-refractivity contribution in [2.24, 2.45) is 10.9 Å². The van der Waals surface area contributed by atoms with Gasteiger partial charge in [-0.05, 0) is 98.7 Å². The van der Waals surface area contributed by atoms with Gasteiger partial charge in [-0.2, -0.15) is 0 Å². The van der Waals surface area contributed by atoms with E-state index in [4.69, 9.17) is 4.99 Å². The van der Waals surface area contributed by atoms with Gasteiger partial charge in [0.2, 0.25) is 0 Å². The normalized spacial score (nSPS) is 26.0. The van der Waals surface area contributed by atoms with E-state index in [1.165, 1.54) is 108 Å². The number of hydrogen-bond acceptors (Lipinski definition) is 4. The molecule has 1 N–H and O–H groups in total. The number of allylic oxidation sites excluding steroid dienone is 7. The molecule has 1 aromatic heterocycles. The molecule has 0 saturated heterocycles. The van der Waals surface area contributed by atoms with Crippen molar-refractivity contribution in [1.29, 1.82) is 0 Å². The topological polar surface area (TPSA) is 24.4 Å². The number of anilines is 1. The minimum atomic E-state index is -0.0493. The van der Waals surface area contributed by atoms with Crippen molar-refractivity contribution in [3.8, 4) is 11.1 Å². The Morgan fingerprint density at radius 3 is 2.42 bits per heavy atom. The molecular weight excluding hydrogens is 753 g/mol. The number of thioether (sulfide) groups is 1. The van der Waals surface area contributed by atoms with Crippen molar-refractivity contribution in [3.63, 3.8) is 0 Å². The number of nitrogens with zero attached hydrogens (tertiary/aromatic N) is 1. The van der Waals surface area contributed by atoms with Crippen molar-refractivity contribution in [2.45, 2.75) is 84.8 Å². The monoisotopic (exact) mass is 798 g/mol. The first-order valence-electron chi connectivity index (χ1n) is 21.8. The lowest BCUT2D eigenvalue weighted by Gasteiger charge is -2.41. The van der Waals surface area contributed by atoms with E-state index in [9.17, 15) is 0 Å². The van der Waals surface area contributed by atoms with Gasteiger partial charge < -0.3 is 5.32 Å². The number of hydrogen-bond donors (Lipinski definition) is 1. The average Bonchev–Trinajstić information content (AvgIpc) is 3.99. The van der Waals surface area contributed by atoms with Crippen LogP contribution in [0.4, 0.5) is 5.00 Å². The lowest BCUT2D eigenvalue weighted by Crippen LogP contribution is -2.35. The molecule has 3 heterocycles. The third-order valence-corrected chi connectivity index (χ3v) is 17.8. The number of nitrogens with one attached hydrogen (secondary N) is 1. The molecule has 0 amide bonds. The molecule has 5 unspecified atom stereocenters. The van der Waals surface area contributed by atoms with Gasteiger partial charge in [0, 0.05) is 54.0 Å². The maximum atomic E-state index is 5.55. The number of aliphatic imine (C=N–C) groups is 1. The molecule has 1 fully saturated rings. The van der Waals surface area contributed by atoms with Crippen molar-refractivity contribution in [2.75, 3.05) is 5.32 Å². The summed E-state index contributed by atoms with van der Waals surface area (Å²) in [5.41, 5.74) is 17.3. The molecule has 1 spiro atoms. The number of fused-ring (bicyclic) bond motifs is 14. The Labute approximate surface area is 355 Å². The zero-order valence-electron chi connectivity index (χ0n) is 33.5. The van der Waals surface area contributed by atoms with Crippen LogP contribution in [0.2, 0.25) is 0 Å². The summed E-state index contributed by atoms with van der Waals surface area (Å²) in [5, 5.41) is 6.64. The van der Waals surface area contributed by atoms with Crippen LogP contribution >= 0.6 is 23.1 Å². The molecule has 5 aromatic carbocycles. The first kappa shape index (κ1) is 34.7. The van der Waals surface area contributed by atoms with Gasteiger partial charge in [0.25, 0.3) is 0 Å². The SMILES string of the molecule is CC1(C)C2=CC3c4ccccc4C4(CCCCC4)C3C=C2c2cc(-c3ccc4c(c3)C3C=CC=C(C5=NC(c6ccccc6)c6c(sc7ccccc67)N5)C3S4)ccc21. The van der Waals surface area contributed by atoms with E-state index in [2.05, 4.69) is 165 Å². The number of benzene rings is 5. The third kappa shape index (κ3) is 4.91. The maximum absolute atomic E-state index is 5.55. The number of thiophene rings is 1. The molecule has 5 atom stereocenters. The lowest BCUT2D eigenvalue weighted by molar-refractivity contribution is 0.233. The van der Waals surface area contributed by atoms with Gasteiger partial charge in [0.1, 0.15) is 16.9 Å². The van der Waals surface area contributed by atoms with E-state index in [0.717, 1.165) is 5.84 Å². The third-order valence-electron chi connectivity index (χ3n) is 15.2. The van der Waals surface area contributed by atoms with Gasteiger partial charge >= 0.3 is 0 Å². The predicted octanol–water partition coefficient (Wildman–Crippen LogP) is 14.5. The number of rotatable bonds is 3. The highest BCUT2D eigenvalue weighted by molar-refractivity contribution is 8.00. The lowest BCUT2D eigenvalue weighted by atomic mass is 9.62. The van der Waals surface area contributed by atoms with E-state index in [1.807, 2.05) is 23.1 Å². The Balaban J connectivity index is 0.848. The van der Waals surface area contributed by atoms with Gasteiger partial charge in [-0.3, -0.25) is 4.99 Å². The second kappa shape index (κ2) is 12.7. The molecule has 288 valence electrons. The molecule has 5 aliphatic carbocycles. The van der Waals surface area contributed by atoms with Crippen LogP contribution in [0.15, 0.2) is 167 Å². The standard InChI is InChI=1S/C55H46N2S2/c1-54(2)43-24-22-33(28-39(43)41-31-46-40(30-45(41)54)35-16-7-9-20-44(35)55(46)26-11-4-12-27-55)34-23-25-48-42(29-34)36-18-13-19-38(51(36)58-48)52-56-50(32-14-5-3-6-15-32)49-37-17-8-10-21-47(37)59-53(49)57-52/h3,5-10,13-25,28-31,36,40,46,50-51H,4,11-12,26-27H2,1-2H3,(H,56,57). The van der Waals surface area contributed by atoms with Gasteiger partial charge in [0.15, 0.2) is 0 Å². The first-order chi connectivity index (χ1) is 29.0. The van der Waals surface area contributed by atoms with Crippen LogP contribution in [0.1, 0.15) is 103 Å². The summed E-state index contributed by atoms with van der Waals surface area (Å²) in [6.45, 7) is 4.91. The number of amidine groups is 1. The van der Waals surface area contributed by atoms with Crippen molar-refractivity contribution in [3.05, 3.63) is 196 Å². The summed E-state index contributed by atoms with van der Waals surface area (Å²) in [4.78, 5) is 6.93. The molecule has 2 nitrogen and oxygen atoms in total. The second-order valence-electron chi connectivity index (χ2n) is 18.5. The van der Waals surface area contributed by atoms with E-state index >= 15 is 0 Å². The Kier molecular flexibility index (Phi) is 7.45. The van der Waals surface area contributed by atoms with Crippen LogP contribution in [-0.4, -0.2) is 11.1 Å². The maximum Gasteiger partial charge on any atom is 0.131 e. The molecule has 7 aliphatic rings. The van der Waals surface area contributed by atoms with Gasteiger partial charge in [-0.25, -0.2) is 0 Å².